The number of carbonyl (C=O) groups is 1. The van der Waals surface area contributed by atoms with Crippen molar-refractivity contribution < 1.29 is 9.53 Å². The van der Waals surface area contributed by atoms with Gasteiger partial charge in [-0.3, -0.25) is 4.79 Å². The van der Waals surface area contributed by atoms with E-state index in [2.05, 4.69) is 5.32 Å². The largest absolute Gasteiger partial charge is 0.468 e. The Morgan fingerprint density at radius 1 is 1.48 bits per heavy atom. The average molecular weight is 307 g/mol. The molecule has 1 N–H and O–H groups in total. The molecule has 0 radical (unpaired) electrons. The van der Waals surface area contributed by atoms with Crippen molar-refractivity contribution in [2.24, 2.45) is 4.99 Å². The van der Waals surface area contributed by atoms with Crippen molar-refractivity contribution >= 4 is 23.3 Å². The van der Waals surface area contributed by atoms with E-state index in [0.717, 1.165) is 18.4 Å². The summed E-state index contributed by atoms with van der Waals surface area (Å²) in [4.78, 5) is 17.5. The summed E-state index contributed by atoms with van der Waals surface area (Å²) in [5.74, 6) is 0.635. The third-order valence-corrected chi connectivity index (χ3v) is 4.72. The molecule has 21 heavy (non-hydrogen) atoms. The van der Waals surface area contributed by atoms with Crippen molar-refractivity contribution in [3.63, 3.8) is 0 Å². The molecular weight excluding hydrogens is 288 g/mol. The molecule has 112 valence electrons. The first-order chi connectivity index (χ1) is 10.1. The summed E-state index contributed by atoms with van der Waals surface area (Å²) >= 11 is 6.35. The maximum Gasteiger partial charge on any atom is 0.205 e. The smallest absolute Gasteiger partial charge is 0.205 e. The number of ether oxygens (including phenoxy) is 1. The summed E-state index contributed by atoms with van der Waals surface area (Å²) in [6, 6.07) is 7.46. The van der Waals surface area contributed by atoms with Crippen LogP contribution in [0.2, 0.25) is 5.02 Å². The number of benzene rings is 1. The number of halogens is 1. The molecule has 3 atom stereocenters. The zero-order chi connectivity index (χ0) is 15.0. The lowest BCUT2D eigenvalue weighted by Crippen LogP contribution is -2.53. The zero-order valence-electron chi connectivity index (χ0n) is 12.2. The molecule has 4 nitrogen and oxygen atoms in total. The van der Waals surface area contributed by atoms with E-state index >= 15 is 0 Å². The van der Waals surface area contributed by atoms with Crippen LogP contribution in [0.3, 0.4) is 0 Å². The van der Waals surface area contributed by atoms with Crippen LogP contribution in [0.1, 0.15) is 31.7 Å². The number of hydrogen-bond acceptors (Lipinski definition) is 4. The molecule has 0 saturated heterocycles. The number of likely N-dealkylation sites (N-methyl/N-ethyl adjacent to an activating group) is 1. The van der Waals surface area contributed by atoms with Gasteiger partial charge in [-0.25, -0.2) is 4.99 Å². The number of Topliss-reactive ketones (excluding diaryl/α,β-unsaturated/α-hetero) is 1. The van der Waals surface area contributed by atoms with Crippen molar-refractivity contribution in [1.29, 1.82) is 0 Å². The highest BCUT2D eigenvalue weighted by Gasteiger charge is 2.52. The lowest BCUT2D eigenvalue weighted by Gasteiger charge is -2.42. The Morgan fingerprint density at radius 2 is 2.24 bits per heavy atom. The predicted octanol–water partition coefficient (Wildman–Crippen LogP) is 2.69. The minimum absolute atomic E-state index is 0.0273. The fraction of sp³-hybridized carbons (Fsp3) is 0.500. The molecule has 1 saturated carbocycles. The van der Waals surface area contributed by atoms with Crippen LogP contribution in [-0.2, 0) is 15.1 Å². The summed E-state index contributed by atoms with van der Waals surface area (Å²) in [6.07, 6.45) is 1.95. The van der Waals surface area contributed by atoms with Crippen molar-refractivity contribution in [2.75, 3.05) is 7.05 Å². The monoisotopic (exact) mass is 306 g/mol. The van der Waals surface area contributed by atoms with E-state index in [1.807, 2.05) is 38.2 Å². The number of ketones is 1. The first-order valence-electron chi connectivity index (χ1n) is 7.31. The summed E-state index contributed by atoms with van der Waals surface area (Å²) in [5.41, 5.74) is -0.0783. The molecule has 0 aromatic heterocycles. The van der Waals surface area contributed by atoms with Gasteiger partial charge in [0.15, 0.2) is 11.6 Å². The van der Waals surface area contributed by atoms with Crippen LogP contribution in [0.5, 0.6) is 0 Å². The molecule has 1 unspecified atom stereocenters. The lowest BCUT2D eigenvalue weighted by molar-refractivity contribution is -0.137. The highest BCUT2D eigenvalue weighted by atomic mass is 35.5. The highest BCUT2D eigenvalue weighted by Crippen LogP contribution is 2.44. The van der Waals surface area contributed by atoms with E-state index in [1.54, 1.807) is 0 Å². The quantitative estimate of drug-likeness (QED) is 0.934. The Balaban J connectivity index is 2.16. The van der Waals surface area contributed by atoms with E-state index in [4.69, 9.17) is 21.3 Å². The summed E-state index contributed by atoms with van der Waals surface area (Å²) in [5, 5.41) is 3.71. The van der Waals surface area contributed by atoms with Gasteiger partial charge < -0.3 is 10.1 Å². The molecule has 1 aromatic carbocycles. The second-order valence-electron chi connectivity index (χ2n) is 5.66. The molecule has 1 fully saturated rings. The van der Waals surface area contributed by atoms with Gasteiger partial charge in [0.2, 0.25) is 11.7 Å². The van der Waals surface area contributed by atoms with Gasteiger partial charge in [0.25, 0.3) is 0 Å². The fourth-order valence-corrected chi connectivity index (χ4v) is 3.39. The number of aliphatic imine (C=N–C) groups is 1. The van der Waals surface area contributed by atoms with Crippen molar-refractivity contribution in [3.05, 3.63) is 34.9 Å². The second kappa shape index (κ2) is 5.43. The van der Waals surface area contributed by atoms with E-state index in [1.165, 1.54) is 0 Å². The molecule has 5 heteroatoms. The maximum absolute atomic E-state index is 12.8. The number of rotatable bonds is 3. The van der Waals surface area contributed by atoms with Crippen LogP contribution in [0, 0.1) is 0 Å². The van der Waals surface area contributed by atoms with E-state index in [9.17, 15) is 4.79 Å². The van der Waals surface area contributed by atoms with Gasteiger partial charge in [-0.1, -0.05) is 29.8 Å². The predicted molar refractivity (Wildman–Crippen MR) is 82.8 cm³/mol. The molecule has 1 aliphatic carbocycles. The van der Waals surface area contributed by atoms with Gasteiger partial charge in [0, 0.05) is 10.6 Å². The highest BCUT2D eigenvalue weighted by molar-refractivity contribution is 6.32. The average Bonchev–Trinajstić information content (AvgIpc) is 2.47. The van der Waals surface area contributed by atoms with E-state index < -0.39 is 11.6 Å². The molecule has 1 aromatic rings. The Labute approximate surface area is 129 Å². The number of nitrogens with one attached hydrogen (secondary N) is 1. The third-order valence-electron chi connectivity index (χ3n) is 4.39. The molecular formula is C16H19ClN2O2. The Hall–Kier alpha value is -1.39. The zero-order valence-corrected chi connectivity index (χ0v) is 13.0. The van der Waals surface area contributed by atoms with Crippen LogP contribution in [0.25, 0.3) is 0 Å². The minimum atomic E-state index is -0.875. The van der Waals surface area contributed by atoms with Gasteiger partial charge in [-0.05, 0) is 39.3 Å². The molecule has 0 amide bonds. The van der Waals surface area contributed by atoms with E-state index in [0.29, 0.717) is 17.3 Å². The van der Waals surface area contributed by atoms with Crippen LogP contribution >= 0.6 is 11.6 Å². The normalized spacial score (nSPS) is 29.6. The first-order valence-corrected chi connectivity index (χ1v) is 7.69. The van der Waals surface area contributed by atoms with Crippen molar-refractivity contribution in [1.82, 2.24) is 5.32 Å². The van der Waals surface area contributed by atoms with Gasteiger partial charge in [-0.2, -0.15) is 0 Å². The van der Waals surface area contributed by atoms with Gasteiger partial charge in [0.1, 0.15) is 0 Å². The number of nitrogens with zero attached hydrogens (tertiary/aromatic N) is 1. The van der Waals surface area contributed by atoms with Crippen LogP contribution in [0.4, 0.5) is 0 Å². The number of carbonyl (C=O) groups excluding carboxylic acids is 1. The Morgan fingerprint density at radius 3 is 2.95 bits per heavy atom. The van der Waals surface area contributed by atoms with Crippen LogP contribution < -0.4 is 5.32 Å². The lowest BCUT2D eigenvalue weighted by atomic mass is 9.74. The third kappa shape index (κ3) is 2.27. The van der Waals surface area contributed by atoms with Gasteiger partial charge in [-0.15, -0.1) is 0 Å². The standard InChI is InChI=1S/C16H19ClN2O2/c1-10(18-2)15-19-16(11-6-3-4-7-12(11)17)9-5-8-13(21-15)14(16)20/h3-4,6-7,10,13,18H,5,8-9H2,1-2H3/t10?,13-,16-/m1/s1. The molecule has 3 rings (SSSR count). The topological polar surface area (TPSA) is 50.7 Å². The number of hydrogen-bond donors (Lipinski definition) is 1. The summed E-state index contributed by atoms with van der Waals surface area (Å²) in [7, 11) is 1.85. The SMILES string of the molecule is CNC(C)C1=N[C@@]2(c3ccccc3Cl)CCC[C@@H](O1)C2=O. The Kier molecular flexibility index (Phi) is 3.76. The Bertz CT molecular complexity index is 602. The van der Waals surface area contributed by atoms with Crippen molar-refractivity contribution in [2.45, 2.75) is 43.9 Å². The second-order valence-corrected chi connectivity index (χ2v) is 6.07. The summed E-state index contributed by atoms with van der Waals surface area (Å²) < 4.78 is 5.80. The first kappa shape index (κ1) is 14.5. The van der Waals surface area contributed by atoms with Crippen LogP contribution in [-0.4, -0.2) is 30.9 Å². The maximum atomic E-state index is 12.8. The summed E-state index contributed by atoms with van der Waals surface area (Å²) in [6.45, 7) is 1.98. The number of fused-ring (bicyclic) bond motifs is 2. The van der Waals surface area contributed by atoms with Crippen molar-refractivity contribution in [3.8, 4) is 0 Å². The minimum Gasteiger partial charge on any atom is -0.468 e. The fourth-order valence-electron chi connectivity index (χ4n) is 3.09. The molecule has 2 aliphatic rings. The molecule has 0 spiro atoms. The van der Waals surface area contributed by atoms with E-state index in [-0.39, 0.29) is 11.8 Å². The molecule has 2 bridgehead atoms. The molecule has 1 heterocycles. The van der Waals surface area contributed by atoms with Crippen LogP contribution in [0.15, 0.2) is 29.3 Å². The van der Waals surface area contributed by atoms with Gasteiger partial charge in [0.05, 0.1) is 6.04 Å². The van der Waals surface area contributed by atoms with Gasteiger partial charge >= 0.3 is 0 Å². The molecule has 1 aliphatic heterocycles.